The molecule has 3 heterocycles. The van der Waals surface area contributed by atoms with Crippen LogP contribution < -0.4 is 5.32 Å². The molecule has 1 N–H and O–H groups in total. The Bertz CT molecular complexity index is 805. The van der Waals surface area contributed by atoms with Crippen molar-refractivity contribution in [1.29, 1.82) is 0 Å². The monoisotopic (exact) mass is 345 g/mol. The number of thiazole rings is 1. The molecule has 1 atom stereocenters. The van der Waals surface area contributed by atoms with Crippen molar-refractivity contribution in [1.82, 2.24) is 15.5 Å². The molecule has 0 aliphatic carbocycles. The highest BCUT2D eigenvalue weighted by Gasteiger charge is 2.22. The maximum atomic E-state index is 12.5. The van der Waals surface area contributed by atoms with Crippen LogP contribution in [0.2, 0.25) is 0 Å². The number of hydrogen-bond donors (Lipinski definition) is 1. The summed E-state index contributed by atoms with van der Waals surface area (Å²) >= 11 is 1.56. The van der Waals surface area contributed by atoms with Gasteiger partial charge in [-0.15, -0.1) is 11.3 Å². The van der Waals surface area contributed by atoms with Gasteiger partial charge in [-0.25, -0.2) is 4.98 Å². The Labute approximate surface area is 143 Å². The number of hydrogen-bond acceptors (Lipinski definition) is 6. The van der Waals surface area contributed by atoms with Gasteiger partial charge in [-0.05, 0) is 31.4 Å². The molecular weight excluding hydrogens is 326 g/mol. The number of amides is 1. The number of nitrogens with one attached hydrogen (secondary N) is 1. The third-order valence-electron chi connectivity index (χ3n) is 3.45. The molecule has 0 aliphatic rings. The first-order valence-corrected chi connectivity index (χ1v) is 8.64. The summed E-state index contributed by atoms with van der Waals surface area (Å²) in [4.78, 5) is 17.0. The van der Waals surface area contributed by atoms with Gasteiger partial charge >= 0.3 is 0 Å². The Kier molecular flexibility index (Phi) is 4.80. The number of carbonyl (C=O) groups is 1. The van der Waals surface area contributed by atoms with Crippen molar-refractivity contribution in [2.75, 3.05) is 0 Å². The lowest BCUT2D eigenvalue weighted by molar-refractivity contribution is 0.0922. The lowest BCUT2D eigenvalue weighted by Gasteiger charge is -2.17. The van der Waals surface area contributed by atoms with E-state index in [1.54, 1.807) is 35.8 Å². The zero-order chi connectivity index (χ0) is 17.1. The summed E-state index contributed by atoms with van der Waals surface area (Å²) in [6.45, 7) is 6.18. The van der Waals surface area contributed by atoms with Crippen molar-refractivity contribution in [2.24, 2.45) is 5.92 Å². The molecular formula is C17H19N3O3S. The third kappa shape index (κ3) is 3.73. The van der Waals surface area contributed by atoms with Gasteiger partial charge in [0.25, 0.3) is 5.91 Å². The summed E-state index contributed by atoms with van der Waals surface area (Å²) in [5, 5.41) is 9.74. The molecule has 0 bridgehead atoms. The summed E-state index contributed by atoms with van der Waals surface area (Å²) in [7, 11) is 0. The topological polar surface area (TPSA) is 81.2 Å². The number of nitrogens with zero attached hydrogens (tertiary/aromatic N) is 2. The molecule has 0 fully saturated rings. The Morgan fingerprint density at radius 2 is 2.21 bits per heavy atom. The third-order valence-corrected chi connectivity index (χ3v) is 4.53. The standard InChI is InChI=1S/C17H19N3O3S/c1-10(2)7-13(17-18-11(3)9-24-17)19-16(21)12-8-15(23-20-12)14-5-4-6-22-14/h4-6,8-10,13H,7H2,1-3H3,(H,19,21). The van der Waals surface area contributed by atoms with E-state index in [0.717, 1.165) is 17.1 Å². The first kappa shape index (κ1) is 16.4. The number of furan rings is 1. The number of carbonyl (C=O) groups excluding carboxylic acids is 1. The molecule has 1 amide bonds. The van der Waals surface area contributed by atoms with Crippen molar-refractivity contribution in [3.8, 4) is 11.5 Å². The Morgan fingerprint density at radius 3 is 2.83 bits per heavy atom. The molecule has 1 unspecified atom stereocenters. The normalized spacial score (nSPS) is 12.5. The van der Waals surface area contributed by atoms with Crippen LogP contribution in [0.4, 0.5) is 0 Å². The summed E-state index contributed by atoms with van der Waals surface area (Å²) in [5.41, 5.74) is 1.18. The average molecular weight is 345 g/mol. The molecule has 126 valence electrons. The van der Waals surface area contributed by atoms with Crippen LogP contribution in [0.15, 0.2) is 38.8 Å². The Hall–Kier alpha value is -2.41. The molecule has 3 rings (SSSR count). The highest BCUT2D eigenvalue weighted by molar-refractivity contribution is 7.09. The van der Waals surface area contributed by atoms with E-state index in [9.17, 15) is 4.79 Å². The molecule has 7 heteroatoms. The van der Waals surface area contributed by atoms with Crippen LogP contribution in [0.25, 0.3) is 11.5 Å². The molecule has 3 aromatic rings. The molecule has 0 aromatic carbocycles. The Balaban J connectivity index is 1.75. The van der Waals surface area contributed by atoms with Crippen LogP contribution in [0.3, 0.4) is 0 Å². The van der Waals surface area contributed by atoms with E-state index in [-0.39, 0.29) is 17.6 Å². The number of aryl methyl sites for hydroxylation is 1. The minimum Gasteiger partial charge on any atom is -0.461 e. The first-order chi connectivity index (χ1) is 11.5. The van der Waals surface area contributed by atoms with E-state index < -0.39 is 0 Å². The SMILES string of the molecule is Cc1csc(C(CC(C)C)NC(=O)c2cc(-c3ccco3)on2)n1. The number of aromatic nitrogens is 2. The van der Waals surface area contributed by atoms with Crippen molar-refractivity contribution >= 4 is 17.2 Å². The van der Waals surface area contributed by atoms with Crippen molar-refractivity contribution in [2.45, 2.75) is 33.2 Å². The van der Waals surface area contributed by atoms with Gasteiger partial charge in [0.2, 0.25) is 5.76 Å². The first-order valence-electron chi connectivity index (χ1n) is 7.76. The van der Waals surface area contributed by atoms with Crippen molar-refractivity contribution < 1.29 is 13.7 Å². The van der Waals surface area contributed by atoms with Crippen molar-refractivity contribution in [3.05, 3.63) is 46.2 Å². The van der Waals surface area contributed by atoms with Gasteiger partial charge in [0, 0.05) is 17.1 Å². The van der Waals surface area contributed by atoms with Crippen LogP contribution in [-0.2, 0) is 0 Å². The summed E-state index contributed by atoms with van der Waals surface area (Å²) < 4.78 is 10.4. The second-order valence-corrected chi connectivity index (χ2v) is 6.93. The van der Waals surface area contributed by atoms with Gasteiger partial charge < -0.3 is 14.3 Å². The molecule has 24 heavy (non-hydrogen) atoms. The second kappa shape index (κ2) is 7.00. The average Bonchev–Trinajstić information content (AvgIpc) is 3.27. The van der Waals surface area contributed by atoms with Crippen LogP contribution in [-0.4, -0.2) is 16.0 Å². The van der Waals surface area contributed by atoms with Gasteiger partial charge in [0.1, 0.15) is 5.01 Å². The number of rotatable bonds is 6. The summed E-state index contributed by atoms with van der Waals surface area (Å²) in [6.07, 6.45) is 2.35. The zero-order valence-corrected chi connectivity index (χ0v) is 14.6. The fourth-order valence-electron chi connectivity index (χ4n) is 2.37. The lowest BCUT2D eigenvalue weighted by atomic mass is 10.0. The molecule has 3 aromatic heterocycles. The van der Waals surface area contributed by atoms with E-state index >= 15 is 0 Å². The van der Waals surface area contributed by atoms with E-state index in [0.29, 0.717) is 17.4 Å². The van der Waals surface area contributed by atoms with E-state index in [1.165, 1.54) is 0 Å². The van der Waals surface area contributed by atoms with Crippen LogP contribution >= 0.6 is 11.3 Å². The van der Waals surface area contributed by atoms with E-state index in [4.69, 9.17) is 8.94 Å². The summed E-state index contributed by atoms with van der Waals surface area (Å²) in [6, 6.07) is 4.94. The summed E-state index contributed by atoms with van der Waals surface area (Å²) in [5.74, 6) is 1.11. The molecule has 0 radical (unpaired) electrons. The maximum absolute atomic E-state index is 12.5. The van der Waals surface area contributed by atoms with Gasteiger partial charge in [0.15, 0.2) is 11.5 Å². The van der Waals surface area contributed by atoms with Gasteiger partial charge in [-0.1, -0.05) is 19.0 Å². The zero-order valence-electron chi connectivity index (χ0n) is 13.8. The van der Waals surface area contributed by atoms with Crippen molar-refractivity contribution in [3.63, 3.8) is 0 Å². The lowest BCUT2D eigenvalue weighted by Crippen LogP contribution is -2.29. The molecule has 6 nitrogen and oxygen atoms in total. The molecule has 0 spiro atoms. The predicted octanol–water partition coefficient (Wildman–Crippen LogP) is 4.22. The highest BCUT2D eigenvalue weighted by Crippen LogP contribution is 2.25. The second-order valence-electron chi connectivity index (χ2n) is 6.04. The van der Waals surface area contributed by atoms with Gasteiger partial charge in [-0.3, -0.25) is 4.79 Å². The van der Waals surface area contributed by atoms with Gasteiger partial charge in [-0.2, -0.15) is 0 Å². The van der Waals surface area contributed by atoms with Crippen LogP contribution in [0, 0.1) is 12.8 Å². The Morgan fingerprint density at radius 1 is 1.38 bits per heavy atom. The quantitative estimate of drug-likeness (QED) is 0.723. The highest BCUT2D eigenvalue weighted by atomic mass is 32.1. The smallest absolute Gasteiger partial charge is 0.274 e. The van der Waals surface area contributed by atoms with Gasteiger partial charge in [0.05, 0.1) is 12.3 Å². The maximum Gasteiger partial charge on any atom is 0.274 e. The minimum atomic E-state index is -0.282. The largest absolute Gasteiger partial charge is 0.461 e. The minimum absolute atomic E-state index is 0.139. The van der Waals surface area contributed by atoms with E-state index in [2.05, 4.69) is 29.3 Å². The molecule has 0 saturated carbocycles. The van der Waals surface area contributed by atoms with E-state index in [1.807, 2.05) is 12.3 Å². The predicted molar refractivity (Wildman–Crippen MR) is 90.7 cm³/mol. The van der Waals surface area contributed by atoms with Crippen LogP contribution in [0.1, 0.15) is 47.5 Å². The molecule has 0 saturated heterocycles. The fraction of sp³-hybridized carbons (Fsp3) is 0.353. The molecule has 0 aliphatic heterocycles. The van der Waals surface area contributed by atoms with Crippen LogP contribution in [0.5, 0.6) is 0 Å². The fourth-order valence-corrected chi connectivity index (χ4v) is 3.23.